The fourth-order valence-electron chi connectivity index (χ4n) is 5.96. The number of rotatable bonds is 6. The molecule has 0 bridgehead atoms. The molecule has 3 atom stereocenters. The number of halogens is 3. The van der Waals surface area contributed by atoms with Crippen LogP contribution in [0.2, 0.25) is 5.02 Å². The van der Waals surface area contributed by atoms with Crippen molar-refractivity contribution in [3.8, 4) is 5.75 Å². The van der Waals surface area contributed by atoms with Crippen LogP contribution < -0.4 is 9.64 Å². The lowest BCUT2D eigenvalue weighted by atomic mass is 9.77. The predicted molar refractivity (Wildman–Crippen MR) is 149 cm³/mol. The van der Waals surface area contributed by atoms with E-state index in [0.29, 0.717) is 31.2 Å². The van der Waals surface area contributed by atoms with E-state index in [1.807, 2.05) is 29.2 Å². The molecule has 2 aromatic carbocycles. The molecule has 212 valence electrons. The summed E-state index contributed by atoms with van der Waals surface area (Å²) in [6, 6.07) is 15.6. The van der Waals surface area contributed by atoms with Crippen molar-refractivity contribution in [3.63, 3.8) is 0 Å². The van der Waals surface area contributed by atoms with Crippen molar-refractivity contribution in [2.75, 3.05) is 38.1 Å². The molecule has 0 aliphatic carbocycles. The maximum atomic E-state index is 13.3. The van der Waals surface area contributed by atoms with Crippen molar-refractivity contribution in [3.05, 3.63) is 89.1 Å². The molecule has 1 N–H and O–H groups in total. The highest BCUT2D eigenvalue weighted by Crippen LogP contribution is 2.40. The van der Waals surface area contributed by atoms with E-state index in [1.54, 1.807) is 18.0 Å². The highest BCUT2D eigenvalue weighted by Gasteiger charge is 2.50. The van der Waals surface area contributed by atoms with Crippen LogP contribution in [0.25, 0.3) is 0 Å². The number of carbonyl (C=O) groups excluding carboxylic acids is 1. The number of benzene rings is 2. The second kappa shape index (κ2) is 11.7. The number of anilines is 1. The van der Waals surface area contributed by atoms with Crippen LogP contribution in [-0.4, -0.2) is 71.5 Å². The summed E-state index contributed by atoms with van der Waals surface area (Å²) in [5.41, 5.74) is 0.469. The number of ether oxygens (including phenoxy) is 1. The summed E-state index contributed by atoms with van der Waals surface area (Å²) in [6.07, 6.45) is 1.45. The second-order valence-electron chi connectivity index (χ2n) is 10.9. The first kappa shape index (κ1) is 28.3. The van der Waals surface area contributed by atoms with Crippen LogP contribution in [-0.2, 0) is 5.41 Å². The number of aliphatic hydroxyl groups excluding tert-OH is 1. The van der Waals surface area contributed by atoms with E-state index in [0.717, 1.165) is 24.2 Å². The third-order valence-electron chi connectivity index (χ3n) is 8.32. The van der Waals surface area contributed by atoms with E-state index in [9.17, 15) is 18.7 Å². The molecule has 40 heavy (non-hydrogen) atoms. The SMILES string of the molecule is CN(C(=O)Oc1ccc(F)cc1)[C@@H]1CN(C(O)C2CCN(c3ccc(F)cn3)CC2)C[C@@]1(C)c1ccc(Cl)cc1. The molecule has 3 aromatic rings. The summed E-state index contributed by atoms with van der Waals surface area (Å²) in [7, 11) is 1.69. The molecule has 5 rings (SSSR count). The molecule has 1 amide bonds. The van der Waals surface area contributed by atoms with E-state index in [4.69, 9.17) is 16.3 Å². The van der Waals surface area contributed by atoms with E-state index in [-0.39, 0.29) is 23.5 Å². The number of pyridine rings is 1. The van der Waals surface area contributed by atoms with Gasteiger partial charge in [-0.25, -0.2) is 18.6 Å². The molecule has 1 aromatic heterocycles. The van der Waals surface area contributed by atoms with Crippen LogP contribution in [0.5, 0.6) is 5.75 Å². The van der Waals surface area contributed by atoms with Crippen molar-refractivity contribution < 1.29 is 23.4 Å². The lowest BCUT2D eigenvalue weighted by molar-refractivity contribution is -0.0381. The fourth-order valence-corrected chi connectivity index (χ4v) is 6.09. The highest BCUT2D eigenvalue weighted by molar-refractivity contribution is 6.30. The van der Waals surface area contributed by atoms with Gasteiger partial charge < -0.3 is 19.6 Å². The lowest BCUT2D eigenvalue weighted by Gasteiger charge is -2.38. The van der Waals surface area contributed by atoms with Gasteiger partial charge in [-0.15, -0.1) is 0 Å². The Labute approximate surface area is 237 Å². The summed E-state index contributed by atoms with van der Waals surface area (Å²) in [4.78, 5) is 23.1. The predicted octanol–water partition coefficient (Wildman–Crippen LogP) is 5.32. The zero-order valence-corrected chi connectivity index (χ0v) is 23.3. The van der Waals surface area contributed by atoms with Crippen molar-refractivity contribution in [1.82, 2.24) is 14.8 Å². The maximum absolute atomic E-state index is 13.3. The number of likely N-dealkylation sites (N-methyl/N-ethyl adjacent to an activating group) is 1. The van der Waals surface area contributed by atoms with E-state index >= 15 is 0 Å². The van der Waals surface area contributed by atoms with Gasteiger partial charge in [-0.2, -0.15) is 0 Å². The zero-order chi connectivity index (χ0) is 28.4. The number of amides is 1. The Hall–Kier alpha value is -3.27. The van der Waals surface area contributed by atoms with Gasteiger partial charge in [0.05, 0.1) is 12.2 Å². The number of piperidine rings is 1. The first-order chi connectivity index (χ1) is 19.1. The van der Waals surface area contributed by atoms with Crippen molar-refractivity contribution in [1.29, 1.82) is 0 Å². The Morgan fingerprint density at radius 3 is 2.35 bits per heavy atom. The third-order valence-corrected chi connectivity index (χ3v) is 8.58. The number of likely N-dealkylation sites (tertiary alicyclic amines) is 1. The van der Waals surface area contributed by atoms with Gasteiger partial charge in [0.15, 0.2) is 0 Å². The molecular weight excluding hydrogens is 538 g/mol. The summed E-state index contributed by atoms with van der Waals surface area (Å²) in [5, 5.41) is 12.2. The quantitative estimate of drug-likeness (QED) is 0.433. The van der Waals surface area contributed by atoms with E-state index < -0.39 is 23.6 Å². The number of hydrogen-bond donors (Lipinski definition) is 1. The average Bonchev–Trinajstić information content (AvgIpc) is 3.32. The van der Waals surface area contributed by atoms with Crippen LogP contribution in [0.3, 0.4) is 0 Å². The lowest BCUT2D eigenvalue weighted by Crippen LogP contribution is -2.50. The Kier molecular flexibility index (Phi) is 8.26. The summed E-state index contributed by atoms with van der Waals surface area (Å²) in [6.45, 7) is 4.45. The van der Waals surface area contributed by atoms with Crippen LogP contribution in [0.4, 0.5) is 19.4 Å². The number of hydrogen-bond acceptors (Lipinski definition) is 6. The average molecular weight is 571 g/mol. The van der Waals surface area contributed by atoms with E-state index in [2.05, 4.69) is 16.8 Å². The van der Waals surface area contributed by atoms with Crippen LogP contribution in [0, 0.1) is 17.6 Å². The number of carbonyl (C=O) groups is 1. The van der Waals surface area contributed by atoms with Crippen LogP contribution >= 0.6 is 11.6 Å². The first-order valence-corrected chi connectivity index (χ1v) is 13.8. The van der Waals surface area contributed by atoms with Crippen LogP contribution in [0.15, 0.2) is 66.9 Å². The van der Waals surface area contributed by atoms with E-state index in [1.165, 1.54) is 36.5 Å². The molecule has 1 unspecified atom stereocenters. The van der Waals surface area contributed by atoms with Gasteiger partial charge in [0.2, 0.25) is 0 Å². The molecule has 2 aliphatic rings. The Bertz CT molecular complexity index is 1300. The Balaban J connectivity index is 1.31. The monoisotopic (exact) mass is 570 g/mol. The minimum atomic E-state index is -0.707. The third kappa shape index (κ3) is 5.92. The summed E-state index contributed by atoms with van der Waals surface area (Å²) < 4.78 is 32.2. The van der Waals surface area contributed by atoms with Crippen molar-refractivity contribution in [2.24, 2.45) is 5.92 Å². The molecule has 7 nitrogen and oxygen atoms in total. The molecule has 3 heterocycles. The molecule has 0 radical (unpaired) electrons. The summed E-state index contributed by atoms with van der Waals surface area (Å²) in [5.74, 6) is 0.230. The van der Waals surface area contributed by atoms with Gasteiger partial charge in [0, 0.05) is 49.6 Å². The minimum absolute atomic E-state index is 0.0291. The number of aliphatic hydroxyl groups is 1. The number of nitrogens with zero attached hydrogens (tertiary/aromatic N) is 4. The van der Waals surface area contributed by atoms with Gasteiger partial charge in [-0.3, -0.25) is 4.90 Å². The number of aromatic nitrogens is 1. The normalized spacial score (nSPS) is 22.8. The summed E-state index contributed by atoms with van der Waals surface area (Å²) >= 11 is 6.17. The standard InChI is InChI=1S/C30H33ClF2N4O3/c1-30(21-3-5-22(31)6-4-21)19-37(18-26(30)35(2)29(39)40-25-10-7-23(32)8-11-25)28(38)20-13-15-36(16-14-20)27-12-9-24(33)17-34-27/h3-12,17,20,26,28,38H,13-16,18-19H2,1-2H3/t26-,28?,30+/m1/s1. The molecular formula is C30H33ClF2N4O3. The fraction of sp³-hybridized carbons (Fsp3) is 0.400. The zero-order valence-electron chi connectivity index (χ0n) is 22.5. The van der Waals surface area contributed by atoms with Gasteiger partial charge in [0.1, 0.15) is 29.4 Å². The van der Waals surface area contributed by atoms with Gasteiger partial charge in [0.25, 0.3) is 0 Å². The Morgan fingerprint density at radius 2 is 1.73 bits per heavy atom. The molecule has 10 heteroatoms. The van der Waals surface area contributed by atoms with Gasteiger partial charge in [-0.1, -0.05) is 30.7 Å². The second-order valence-corrected chi connectivity index (χ2v) is 11.3. The first-order valence-electron chi connectivity index (χ1n) is 13.4. The van der Waals surface area contributed by atoms with Gasteiger partial charge in [-0.05, 0) is 66.9 Å². The molecule has 0 saturated carbocycles. The van der Waals surface area contributed by atoms with Crippen molar-refractivity contribution >= 4 is 23.5 Å². The molecule has 0 spiro atoms. The minimum Gasteiger partial charge on any atom is -0.410 e. The van der Waals surface area contributed by atoms with Gasteiger partial charge >= 0.3 is 6.09 Å². The Morgan fingerprint density at radius 1 is 1.07 bits per heavy atom. The smallest absolute Gasteiger partial charge is 0.410 e. The molecule has 2 fully saturated rings. The highest BCUT2D eigenvalue weighted by atomic mass is 35.5. The molecule has 2 saturated heterocycles. The topological polar surface area (TPSA) is 69.1 Å². The molecule has 2 aliphatic heterocycles. The van der Waals surface area contributed by atoms with Crippen molar-refractivity contribution in [2.45, 2.75) is 37.5 Å². The largest absolute Gasteiger partial charge is 0.415 e. The van der Waals surface area contributed by atoms with Crippen LogP contribution in [0.1, 0.15) is 25.3 Å². The maximum Gasteiger partial charge on any atom is 0.415 e.